The first-order chi connectivity index (χ1) is 11.6. The number of carboxylic acid groups (broad SMARTS) is 1. The summed E-state index contributed by atoms with van der Waals surface area (Å²) >= 11 is 0. The van der Waals surface area contributed by atoms with Gasteiger partial charge in [-0.15, -0.1) is 0 Å². The van der Waals surface area contributed by atoms with Gasteiger partial charge in [-0.1, -0.05) is 18.2 Å². The normalized spacial score (nSPS) is 10.7. The van der Waals surface area contributed by atoms with Crippen LogP contribution in [-0.4, -0.2) is 35.7 Å². The molecule has 1 N–H and O–H groups in total. The van der Waals surface area contributed by atoms with Gasteiger partial charge >= 0.3 is 5.97 Å². The van der Waals surface area contributed by atoms with Gasteiger partial charge in [0.25, 0.3) is 5.91 Å². The van der Waals surface area contributed by atoms with Crippen molar-refractivity contribution in [2.24, 2.45) is 0 Å². The standard InChI is InChI=1S/C18H18N2O4/c1-24-13-17(21)20(12-15-3-2-10-19-11-15)16-7-4-14(5-8-16)6-9-18(22)23/h2-11H,12-13H2,1H3,(H,22,23). The smallest absolute Gasteiger partial charge is 0.328 e. The highest BCUT2D eigenvalue weighted by Gasteiger charge is 2.16. The molecule has 124 valence electrons. The third kappa shape index (κ3) is 5.03. The van der Waals surface area contributed by atoms with Gasteiger partial charge in [-0.2, -0.15) is 0 Å². The zero-order valence-electron chi connectivity index (χ0n) is 13.3. The van der Waals surface area contributed by atoms with Crippen molar-refractivity contribution in [3.63, 3.8) is 0 Å². The second-order valence-corrected chi connectivity index (χ2v) is 5.04. The molecule has 0 saturated carbocycles. The second-order valence-electron chi connectivity index (χ2n) is 5.04. The minimum absolute atomic E-state index is 0.0269. The third-order valence-electron chi connectivity index (χ3n) is 3.26. The van der Waals surface area contributed by atoms with Crippen molar-refractivity contribution in [3.8, 4) is 0 Å². The number of carbonyl (C=O) groups excluding carboxylic acids is 1. The predicted octanol–water partition coefficient (Wildman–Crippen LogP) is 2.36. The first-order valence-corrected chi connectivity index (χ1v) is 7.29. The average molecular weight is 326 g/mol. The lowest BCUT2D eigenvalue weighted by molar-refractivity contribution is -0.131. The fourth-order valence-corrected chi connectivity index (χ4v) is 2.13. The van der Waals surface area contributed by atoms with Gasteiger partial charge in [-0.25, -0.2) is 4.79 Å². The summed E-state index contributed by atoms with van der Waals surface area (Å²) < 4.78 is 4.95. The van der Waals surface area contributed by atoms with Gasteiger partial charge in [0.15, 0.2) is 0 Å². The van der Waals surface area contributed by atoms with Crippen LogP contribution < -0.4 is 4.90 Å². The second kappa shape index (κ2) is 8.59. The summed E-state index contributed by atoms with van der Waals surface area (Å²) in [6, 6.07) is 10.8. The summed E-state index contributed by atoms with van der Waals surface area (Å²) in [6.45, 7) is 0.348. The Balaban J connectivity index is 2.23. The van der Waals surface area contributed by atoms with Crippen LogP contribution in [0.1, 0.15) is 11.1 Å². The molecule has 0 aliphatic rings. The van der Waals surface area contributed by atoms with E-state index in [0.717, 1.165) is 17.2 Å². The number of carbonyl (C=O) groups is 2. The molecule has 0 bridgehead atoms. The van der Waals surface area contributed by atoms with E-state index >= 15 is 0 Å². The summed E-state index contributed by atoms with van der Waals surface area (Å²) in [5.41, 5.74) is 2.34. The third-order valence-corrected chi connectivity index (χ3v) is 3.26. The lowest BCUT2D eigenvalue weighted by Crippen LogP contribution is -2.33. The van der Waals surface area contributed by atoms with Gasteiger partial charge in [0.1, 0.15) is 6.61 Å². The van der Waals surface area contributed by atoms with Crippen LogP contribution in [0.15, 0.2) is 54.9 Å². The summed E-state index contributed by atoms with van der Waals surface area (Å²) in [4.78, 5) is 28.5. The van der Waals surface area contributed by atoms with Gasteiger partial charge in [0, 0.05) is 31.3 Å². The Morgan fingerprint density at radius 3 is 2.58 bits per heavy atom. The minimum Gasteiger partial charge on any atom is -0.478 e. The maximum Gasteiger partial charge on any atom is 0.328 e. The first kappa shape index (κ1) is 17.4. The summed E-state index contributed by atoms with van der Waals surface area (Å²) in [7, 11) is 1.47. The van der Waals surface area contributed by atoms with Crippen LogP contribution in [0, 0.1) is 0 Å². The Kier molecular flexibility index (Phi) is 6.22. The Hall–Kier alpha value is -2.99. The molecular weight excluding hydrogens is 308 g/mol. The SMILES string of the molecule is COCC(=O)N(Cc1cccnc1)c1ccc(C=CC(=O)O)cc1. The van der Waals surface area contributed by atoms with Gasteiger partial charge in [-0.3, -0.25) is 9.78 Å². The fraction of sp³-hybridized carbons (Fsp3) is 0.167. The van der Waals surface area contributed by atoms with E-state index in [1.165, 1.54) is 13.2 Å². The van der Waals surface area contributed by atoms with Crippen molar-refractivity contribution >= 4 is 23.6 Å². The highest BCUT2D eigenvalue weighted by Crippen LogP contribution is 2.19. The van der Waals surface area contributed by atoms with Crippen molar-refractivity contribution in [3.05, 3.63) is 66.0 Å². The highest BCUT2D eigenvalue weighted by molar-refractivity contribution is 5.94. The largest absolute Gasteiger partial charge is 0.478 e. The molecule has 1 amide bonds. The molecule has 0 aliphatic heterocycles. The number of aromatic nitrogens is 1. The molecule has 6 nitrogen and oxygen atoms in total. The highest BCUT2D eigenvalue weighted by atomic mass is 16.5. The van der Waals surface area contributed by atoms with Gasteiger partial charge in [0.05, 0.1) is 6.54 Å². The number of carboxylic acids is 1. The van der Waals surface area contributed by atoms with Crippen LogP contribution in [0.4, 0.5) is 5.69 Å². The first-order valence-electron chi connectivity index (χ1n) is 7.29. The Morgan fingerprint density at radius 2 is 2.00 bits per heavy atom. The van der Waals surface area contributed by atoms with E-state index in [9.17, 15) is 9.59 Å². The molecule has 24 heavy (non-hydrogen) atoms. The molecule has 0 radical (unpaired) electrons. The number of hydrogen-bond acceptors (Lipinski definition) is 4. The van der Waals surface area contributed by atoms with Gasteiger partial charge in [0.2, 0.25) is 0 Å². The molecule has 2 rings (SSSR count). The van der Waals surface area contributed by atoms with Crippen LogP contribution in [0.25, 0.3) is 6.08 Å². The number of ether oxygens (including phenoxy) is 1. The number of nitrogens with zero attached hydrogens (tertiary/aromatic N) is 2. The zero-order valence-corrected chi connectivity index (χ0v) is 13.3. The lowest BCUT2D eigenvalue weighted by Gasteiger charge is -2.22. The molecule has 0 spiro atoms. The van der Waals surface area contributed by atoms with E-state index in [4.69, 9.17) is 9.84 Å². The van der Waals surface area contributed by atoms with Crippen LogP contribution in [-0.2, 0) is 20.9 Å². The number of rotatable bonds is 7. The number of hydrogen-bond donors (Lipinski definition) is 1. The van der Waals surface area contributed by atoms with E-state index in [1.54, 1.807) is 41.6 Å². The molecule has 2 aromatic rings. The van der Waals surface area contributed by atoms with E-state index in [2.05, 4.69) is 4.98 Å². The summed E-state index contributed by atoms with van der Waals surface area (Å²) in [5, 5.41) is 8.65. The number of benzene rings is 1. The van der Waals surface area contributed by atoms with E-state index < -0.39 is 5.97 Å². The van der Waals surface area contributed by atoms with Crippen LogP contribution in [0.5, 0.6) is 0 Å². The molecular formula is C18H18N2O4. The van der Waals surface area contributed by atoms with Crippen LogP contribution in [0.2, 0.25) is 0 Å². The quantitative estimate of drug-likeness (QED) is 0.790. The maximum absolute atomic E-state index is 12.3. The van der Waals surface area contributed by atoms with Crippen LogP contribution >= 0.6 is 0 Å². The molecule has 0 fully saturated rings. The lowest BCUT2D eigenvalue weighted by atomic mass is 10.1. The Morgan fingerprint density at radius 1 is 1.25 bits per heavy atom. The molecule has 0 aliphatic carbocycles. The molecule has 0 atom stereocenters. The molecule has 6 heteroatoms. The number of anilines is 1. The molecule has 1 aromatic carbocycles. The maximum atomic E-state index is 12.3. The number of methoxy groups -OCH3 is 1. The average Bonchev–Trinajstić information content (AvgIpc) is 2.59. The van der Waals surface area contributed by atoms with Gasteiger partial charge in [-0.05, 0) is 35.4 Å². The van der Waals surface area contributed by atoms with Crippen LogP contribution in [0.3, 0.4) is 0 Å². The van der Waals surface area contributed by atoms with E-state index in [1.807, 2.05) is 12.1 Å². The van der Waals surface area contributed by atoms with E-state index in [-0.39, 0.29) is 12.5 Å². The molecule has 1 aromatic heterocycles. The summed E-state index contributed by atoms with van der Waals surface area (Å²) in [5.74, 6) is -1.18. The Bertz CT molecular complexity index is 712. The van der Waals surface area contributed by atoms with E-state index in [0.29, 0.717) is 12.2 Å². The fourth-order valence-electron chi connectivity index (χ4n) is 2.13. The molecule has 0 unspecified atom stereocenters. The van der Waals surface area contributed by atoms with Crippen molar-refractivity contribution < 1.29 is 19.4 Å². The van der Waals surface area contributed by atoms with Crippen molar-refractivity contribution in [2.75, 3.05) is 18.6 Å². The number of amides is 1. The number of pyridine rings is 1. The predicted molar refractivity (Wildman–Crippen MR) is 90.4 cm³/mol. The molecule has 0 saturated heterocycles. The Labute approximate surface area is 140 Å². The minimum atomic E-state index is -1.01. The zero-order chi connectivity index (χ0) is 17.4. The topological polar surface area (TPSA) is 79.7 Å². The summed E-state index contributed by atoms with van der Waals surface area (Å²) in [6.07, 6.45) is 5.94. The van der Waals surface area contributed by atoms with Crippen molar-refractivity contribution in [1.82, 2.24) is 4.98 Å². The van der Waals surface area contributed by atoms with Crippen molar-refractivity contribution in [2.45, 2.75) is 6.54 Å². The number of aliphatic carboxylic acids is 1. The molecule has 1 heterocycles. The van der Waals surface area contributed by atoms with Crippen molar-refractivity contribution in [1.29, 1.82) is 0 Å². The van der Waals surface area contributed by atoms with Gasteiger partial charge < -0.3 is 14.7 Å². The monoisotopic (exact) mass is 326 g/mol.